The van der Waals surface area contributed by atoms with Gasteiger partial charge in [-0.3, -0.25) is 5.32 Å². The number of nitrogens with zero attached hydrogens (tertiary/aromatic N) is 1. The van der Waals surface area contributed by atoms with Crippen LogP contribution in [0.2, 0.25) is 0 Å². The van der Waals surface area contributed by atoms with E-state index >= 15 is 0 Å². The highest BCUT2D eigenvalue weighted by molar-refractivity contribution is 5.84. The van der Waals surface area contributed by atoms with Crippen LogP contribution in [0.1, 0.15) is 11.1 Å². The summed E-state index contributed by atoms with van der Waals surface area (Å²) in [6.07, 6.45) is 0.438. The molecule has 3 aromatic carbocycles. The van der Waals surface area contributed by atoms with Crippen molar-refractivity contribution in [1.82, 2.24) is 10.4 Å². The van der Waals surface area contributed by atoms with E-state index in [4.69, 9.17) is 14.3 Å². The van der Waals surface area contributed by atoms with E-state index in [9.17, 15) is 4.79 Å². The quantitative estimate of drug-likeness (QED) is 0.467. The summed E-state index contributed by atoms with van der Waals surface area (Å²) in [5.41, 5.74) is 3.18. The number of anilines is 1. The highest BCUT2D eigenvalue weighted by Crippen LogP contribution is 2.23. The molecule has 33 heavy (non-hydrogen) atoms. The maximum absolute atomic E-state index is 12.0. The molecule has 0 radical (unpaired) electrons. The Bertz CT molecular complexity index is 988. The summed E-state index contributed by atoms with van der Waals surface area (Å²) >= 11 is 0. The minimum Gasteiger partial charge on any atom is -0.457 e. The smallest absolute Gasteiger partial charge is 0.430 e. The number of carbonyl (C=O) groups excluding carboxylic acids is 1. The van der Waals surface area contributed by atoms with E-state index in [1.807, 2.05) is 30.3 Å². The van der Waals surface area contributed by atoms with Gasteiger partial charge in [0.05, 0.1) is 26.3 Å². The van der Waals surface area contributed by atoms with Crippen LogP contribution in [0.15, 0.2) is 78.9 Å². The monoisotopic (exact) mass is 447 g/mol. The van der Waals surface area contributed by atoms with Gasteiger partial charge in [-0.25, -0.2) is 4.79 Å². The third kappa shape index (κ3) is 7.61. The standard InChI is InChI=1S/C26H29N3O4/c30-26(33-29-16-18-31-19-17-29)28-23-8-12-25(13-9-23)32-24-10-6-21(7-11-24)14-15-27-20-22-4-2-1-3-5-22/h1-13,27H,14-20H2,(H,28,30). The zero-order valence-corrected chi connectivity index (χ0v) is 18.5. The predicted molar refractivity (Wildman–Crippen MR) is 127 cm³/mol. The van der Waals surface area contributed by atoms with Crippen LogP contribution in [-0.2, 0) is 22.5 Å². The van der Waals surface area contributed by atoms with E-state index in [0.29, 0.717) is 37.7 Å². The van der Waals surface area contributed by atoms with Crippen LogP contribution in [0.5, 0.6) is 11.5 Å². The molecule has 3 aromatic rings. The number of nitrogens with one attached hydrogen (secondary N) is 2. The van der Waals surface area contributed by atoms with Gasteiger partial charge in [0.2, 0.25) is 0 Å². The molecule has 1 heterocycles. The Hall–Kier alpha value is -3.39. The van der Waals surface area contributed by atoms with Crippen molar-refractivity contribution in [3.05, 3.63) is 90.0 Å². The van der Waals surface area contributed by atoms with E-state index < -0.39 is 6.09 Å². The highest BCUT2D eigenvalue weighted by Gasteiger charge is 2.15. The first-order valence-electron chi connectivity index (χ1n) is 11.2. The third-order valence-corrected chi connectivity index (χ3v) is 5.20. The average Bonchev–Trinajstić information content (AvgIpc) is 2.85. The number of benzene rings is 3. The van der Waals surface area contributed by atoms with Gasteiger partial charge in [-0.2, -0.15) is 0 Å². The molecule has 172 valence electrons. The van der Waals surface area contributed by atoms with Gasteiger partial charge in [0, 0.05) is 12.2 Å². The second kappa shape index (κ2) is 12.0. The Morgan fingerprint density at radius 2 is 1.52 bits per heavy atom. The number of carbonyl (C=O) groups is 1. The van der Waals surface area contributed by atoms with Gasteiger partial charge in [0.15, 0.2) is 0 Å². The fourth-order valence-electron chi connectivity index (χ4n) is 3.42. The molecule has 1 amide bonds. The van der Waals surface area contributed by atoms with Gasteiger partial charge in [-0.15, -0.1) is 5.06 Å². The van der Waals surface area contributed by atoms with Gasteiger partial charge >= 0.3 is 6.09 Å². The molecule has 0 aromatic heterocycles. The Morgan fingerprint density at radius 3 is 2.21 bits per heavy atom. The second-order valence-corrected chi connectivity index (χ2v) is 7.73. The summed E-state index contributed by atoms with van der Waals surface area (Å²) in [6.45, 7) is 4.05. The van der Waals surface area contributed by atoms with Crippen molar-refractivity contribution in [2.24, 2.45) is 0 Å². The number of morpholine rings is 1. The first-order valence-corrected chi connectivity index (χ1v) is 11.2. The summed E-state index contributed by atoms with van der Waals surface area (Å²) in [5.74, 6) is 1.46. The Labute approximate surface area is 194 Å². The normalized spacial score (nSPS) is 13.9. The maximum Gasteiger partial charge on any atom is 0.430 e. The van der Waals surface area contributed by atoms with Crippen molar-refractivity contribution >= 4 is 11.8 Å². The Kier molecular flexibility index (Phi) is 8.30. The first kappa shape index (κ1) is 22.8. The van der Waals surface area contributed by atoms with Crippen LogP contribution in [0, 0.1) is 0 Å². The lowest BCUT2D eigenvalue weighted by atomic mass is 10.1. The van der Waals surface area contributed by atoms with Gasteiger partial charge in [0.1, 0.15) is 11.5 Å². The van der Waals surface area contributed by atoms with Crippen LogP contribution >= 0.6 is 0 Å². The number of hydrogen-bond acceptors (Lipinski definition) is 6. The van der Waals surface area contributed by atoms with Gasteiger partial charge in [-0.1, -0.05) is 42.5 Å². The molecule has 4 rings (SSSR count). The largest absolute Gasteiger partial charge is 0.457 e. The molecule has 1 fully saturated rings. The van der Waals surface area contributed by atoms with E-state index in [2.05, 4.69) is 47.0 Å². The zero-order chi connectivity index (χ0) is 22.7. The third-order valence-electron chi connectivity index (χ3n) is 5.20. The molecule has 0 spiro atoms. The lowest BCUT2D eigenvalue weighted by Gasteiger charge is -2.24. The highest BCUT2D eigenvalue weighted by atomic mass is 16.7. The number of hydrogen-bond donors (Lipinski definition) is 2. The Balaban J connectivity index is 1.19. The summed E-state index contributed by atoms with van der Waals surface area (Å²) in [5, 5.41) is 7.78. The summed E-state index contributed by atoms with van der Waals surface area (Å²) in [4.78, 5) is 17.3. The number of rotatable bonds is 9. The van der Waals surface area contributed by atoms with Crippen molar-refractivity contribution in [2.75, 3.05) is 38.2 Å². The molecule has 0 aliphatic carbocycles. The van der Waals surface area contributed by atoms with E-state index in [1.54, 1.807) is 17.2 Å². The zero-order valence-electron chi connectivity index (χ0n) is 18.5. The average molecular weight is 448 g/mol. The van der Waals surface area contributed by atoms with Crippen molar-refractivity contribution < 1.29 is 19.1 Å². The first-order chi connectivity index (χ1) is 16.2. The minimum atomic E-state index is -0.514. The van der Waals surface area contributed by atoms with Crippen LogP contribution < -0.4 is 15.4 Å². The second-order valence-electron chi connectivity index (χ2n) is 7.73. The molecule has 7 nitrogen and oxygen atoms in total. The molecule has 1 aliphatic heterocycles. The number of ether oxygens (including phenoxy) is 2. The van der Waals surface area contributed by atoms with Crippen molar-refractivity contribution in [3.8, 4) is 11.5 Å². The molecule has 2 N–H and O–H groups in total. The summed E-state index contributed by atoms with van der Waals surface area (Å²) in [6, 6.07) is 25.7. The summed E-state index contributed by atoms with van der Waals surface area (Å²) < 4.78 is 11.2. The molecule has 7 heteroatoms. The van der Waals surface area contributed by atoms with Crippen molar-refractivity contribution in [1.29, 1.82) is 0 Å². The fraction of sp³-hybridized carbons (Fsp3) is 0.269. The minimum absolute atomic E-state index is 0.514. The molecule has 0 atom stereocenters. The maximum atomic E-state index is 12.0. The van der Waals surface area contributed by atoms with E-state index in [-0.39, 0.29) is 0 Å². The van der Waals surface area contributed by atoms with Crippen LogP contribution in [-0.4, -0.2) is 44.0 Å². The molecular weight excluding hydrogens is 418 g/mol. The lowest BCUT2D eigenvalue weighted by Crippen LogP contribution is -2.39. The molecule has 0 bridgehead atoms. The van der Waals surface area contributed by atoms with Gasteiger partial charge < -0.3 is 19.6 Å². The lowest BCUT2D eigenvalue weighted by molar-refractivity contribution is -0.142. The van der Waals surface area contributed by atoms with Crippen LogP contribution in [0.25, 0.3) is 0 Å². The van der Waals surface area contributed by atoms with Crippen molar-refractivity contribution in [2.45, 2.75) is 13.0 Å². The van der Waals surface area contributed by atoms with Gasteiger partial charge in [-0.05, 0) is 60.5 Å². The molecule has 1 aliphatic rings. The van der Waals surface area contributed by atoms with E-state index in [0.717, 1.165) is 25.3 Å². The van der Waals surface area contributed by atoms with Crippen molar-refractivity contribution in [3.63, 3.8) is 0 Å². The topological polar surface area (TPSA) is 72.1 Å². The molecule has 0 unspecified atom stereocenters. The fourth-order valence-corrected chi connectivity index (χ4v) is 3.42. The SMILES string of the molecule is O=C(Nc1ccc(Oc2ccc(CCNCc3ccccc3)cc2)cc1)ON1CCOCC1. The van der Waals surface area contributed by atoms with Crippen LogP contribution in [0.3, 0.4) is 0 Å². The molecular formula is C26H29N3O4. The molecule has 0 saturated carbocycles. The molecule has 1 saturated heterocycles. The number of amides is 1. The Morgan fingerprint density at radius 1 is 0.848 bits per heavy atom. The van der Waals surface area contributed by atoms with Gasteiger partial charge in [0.25, 0.3) is 0 Å². The summed E-state index contributed by atoms with van der Waals surface area (Å²) in [7, 11) is 0. The van der Waals surface area contributed by atoms with E-state index in [1.165, 1.54) is 11.1 Å². The predicted octanol–water partition coefficient (Wildman–Crippen LogP) is 4.61. The number of hydroxylamine groups is 2. The van der Waals surface area contributed by atoms with Crippen LogP contribution in [0.4, 0.5) is 10.5 Å².